The topological polar surface area (TPSA) is 95.9 Å². The number of carboxylic acid groups (broad SMARTS) is 1. The minimum atomic E-state index is -1.11. The molecule has 24 heavy (non-hydrogen) atoms. The number of hydrogen-bond acceptors (Lipinski definition) is 4. The Morgan fingerprint density at radius 3 is 2.21 bits per heavy atom. The number of phenolic OH excluding ortho intramolecular Hbond substituents is 1. The molecule has 0 bridgehead atoms. The summed E-state index contributed by atoms with van der Waals surface area (Å²) in [5.74, 6) is -0.939. The fraction of sp³-hybridized carbons (Fsp3) is 0.556. The second kappa shape index (κ2) is 9.80. The van der Waals surface area contributed by atoms with Crippen molar-refractivity contribution in [2.45, 2.75) is 58.9 Å². The fourth-order valence-electron chi connectivity index (χ4n) is 2.57. The molecule has 0 saturated carbocycles. The van der Waals surface area contributed by atoms with Crippen molar-refractivity contribution in [3.05, 3.63) is 28.8 Å². The number of carbonyl (C=O) groups is 2. The first-order valence-electron chi connectivity index (χ1n) is 8.42. The van der Waals surface area contributed by atoms with Gasteiger partial charge in [0.15, 0.2) is 0 Å². The predicted molar refractivity (Wildman–Crippen MR) is 91.4 cm³/mol. The lowest BCUT2D eigenvalue weighted by Crippen LogP contribution is -2.43. The summed E-state index contributed by atoms with van der Waals surface area (Å²) >= 11 is 0. The summed E-state index contributed by atoms with van der Waals surface area (Å²) in [6.07, 6.45) is 2.41. The van der Waals surface area contributed by atoms with Crippen molar-refractivity contribution < 1.29 is 24.5 Å². The molecular weight excluding hydrogens is 310 g/mol. The van der Waals surface area contributed by atoms with Crippen LogP contribution in [0.2, 0.25) is 0 Å². The molecule has 1 amide bonds. The van der Waals surface area contributed by atoms with Crippen LogP contribution in [0.15, 0.2) is 12.1 Å². The van der Waals surface area contributed by atoms with Crippen LogP contribution in [0, 0.1) is 0 Å². The van der Waals surface area contributed by atoms with Gasteiger partial charge in [-0.2, -0.15) is 0 Å². The van der Waals surface area contributed by atoms with Crippen LogP contribution in [0.3, 0.4) is 0 Å². The van der Waals surface area contributed by atoms with E-state index in [4.69, 9.17) is 4.74 Å². The predicted octanol–water partition coefficient (Wildman–Crippen LogP) is 3.04. The molecule has 0 aromatic heterocycles. The molecule has 1 atom stereocenters. The minimum Gasteiger partial charge on any atom is -0.508 e. The van der Waals surface area contributed by atoms with Crippen molar-refractivity contribution in [1.82, 2.24) is 5.32 Å². The first kappa shape index (κ1) is 19.8. The maximum absolute atomic E-state index is 11.7. The maximum atomic E-state index is 11.7. The normalized spacial score (nSPS) is 11.8. The lowest BCUT2D eigenvalue weighted by Gasteiger charge is -2.19. The van der Waals surface area contributed by atoms with Crippen molar-refractivity contribution in [3.8, 4) is 5.75 Å². The number of ether oxygens (including phenoxy) is 1. The third kappa shape index (κ3) is 5.76. The number of unbranched alkanes of at least 4 members (excludes halogenated alkanes) is 1. The van der Waals surface area contributed by atoms with Crippen molar-refractivity contribution >= 4 is 12.1 Å². The van der Waals surface area contributed by atoms with Gasteiger partial charge in [0.2, 0.25) is 0 Å². The van der Waals surface area contributed by atoms with Crippen LogP contribution in [-0.2, 0) is 28.8 Å². The number of hydrogen-bond donors (Lipinski definition) is 3. The molecule has 1 aromatic carbocycles. The first-order chi connectivity index (χ1) is 11.4. The molecule has 0 fully saturated rings. The Morgan fingerprint density at radius 1 is 1.17 bits per heavy atom. The number of nitrogens with one attached hydrogen (secondary N) is 1. The van der Waals surface area contributed by atoms with Crippen LogP contribution >= 0.6 is 0 Å². The fourth-order valence-corrected chi connectivity index (χ4v) is 2.57. The summed E-state index contributed by atoms with van der Waals surface area (Å²) in [5.41, 5.74) is 2.64. The highest BCUT2D eigenvalue weighted by Gasteiger charge is 2.23. The smallest absolute Gasteiger partial charge is 0.407 e. The number of phenols is 1. The minimum absolute atomic E-state index is 0.158. The molecule has 0 saturated heterocycles. The number of amides is 1. The zero-order valence-electron chi connectivity index (χ0n) is 14.6. The van der Waals surface area contributed by atoms with Gasteiger partial charge in [-0.25, -0.2) is 9.59 Å². The molecule has 0 aliphatic heterocycles. The van der Waals surface area contributed by atoms with E-state index in [1.165, 1.54) is 0 Å². The maximum Gasteiger partial charge on any atom is 0.407 e. The average Bonchev–Trinajstić information content (AvgIpc) is 2.55. The monoisotopic (exact) mass is 337 g/mol. The molecule has 1 unspecified atom stereocenters. The second-order valence-electron chi connectivity index (χ2n) is 5.68. The Labute approximate surface area is 142 Å². The highest BCUT2D eigenvalue weighted by Crippen LogP contribution is 2.24. The molecule has 0 radical (unpaired) electrons. The number of aromatic hydroxyl groups is 1. The van der Waals surface area contributed by atoms with Gasteiger partial charge in [-0.3, -0.25) is 0 Å². The van der Waals surface area contributed by atoms with Crippen molar-refractivity contribution in [3.63, 3.8) is 0 Å². The van der Waals surface area contributed by atoms with Gasteiger partial charge in [-0.05, 0) is 48.1 Å². The molecule has 0 heterocycles. The SMILES string of the molecule is CCCCOC(=O)NC(Cc1c(CC)cc(O)cc1CC)C(=O)O. The van der Waals surface area contributed by atoms with Crippen LogP contribution in [0.5, 0.6) is 5.75 Å². The molecule has 134 valence electrons. The second-order valence-corrected chi connectivity index (χ2v) is 5.68. The number of carbonyl (C=O) groups excluding carboxylic acids is 1. The summed E-state index contributed by atoms with van der Waals surface area (Å²) in [7, 11) is 0. The average molecular weight is 337 g/mol. The summed E-state index contributed by atoms with van der Waals surface area (Å²) in [4.78, 5) is 23.3. The van der Waals surface area contributed by atoms with Gasteiger partial charge >= 0.3 is 12.1 Å². The zero-order chi connectivity index (χ0) is 18.1. The molecule has 6 heteroatoms. The van der Waals surface area contributed by atoms with Gasteiger partial charge < -0.3 is 20.3 Å². The van der Waals surface area contributed by atoms with Gasteiger partial charge in [0.1, 0.15) is 11.8 Å². The Hall–Kier alpha value is -2.24. The van der Waals surface area contributed by atoms with Gasteiger partial charge in [0.25, 0.3) is 0 Å². The standard InChI is InChI=1S/C18H27NO5/c1-4-7-8-24-18(23)19-16(17(21)22)11-15-12(5-2)9-14(20)10-13(15)6-3/h9-10,16,20H,4-8,11H2,1-3H3,(H,19,23)(H,21,22). The molecule has 0 aliphatic carbocycles. The van der Waals surface area contributed by atoms with Gasteiger partial charge in [-0.15, -0.1) is 0 Å². The van der Waals surface area contributed by atoms with E-state index in [-0.39, 0.29) is 18.8 Å². The summed E-state index contributed by atoms with van der Waals surface area (Å²) < 4.78 is 4.98. The Kier molecular flexibility index (Phi) is 8.09. The third-order valence-electron chi connectivity index (χ3n) is 3.91. The van der Waals surface area contributed by atoms with Crippen LogP contribution in [0.4, 0.5) is 4.79 Å². The molecule has 1 rings (SSSR count). The van der Waals surface area contributed by atoms with Gasteiger partial charge in [0, 0.05) is 6.42 Å². The van der Waals surface area contributed by atoms with E-state index in [1.807, 2.05) is 20.8 Å². The largest absolute Gasteiger partial charge is 0.508 e. The number of benzene rings is 1. The molecule has 3 N–H and O–H groups in total. The van der Waals surface area contributed by atoms with Crippen LogP contribution < -0.4 is 5.32 Å². The Balaban J connectivity index is 2.93. The third-order valence-corrected chi connectivity index (χ3v) is 3.91. The highest BCUT2D eigenvalue weighted by molar-refractivity contribution is 5.80. The van der Waals surface area contributed by atoms with E-state index in [2.05, 4.69) is 5.32 Å². The molecule has 6 nitrogen and oxygen atoms in total. The number of carboxylic acids is 1. The van der Waals surface area contributed by atoms with Gasteiger partial charge in [-0.1, -0.05) is 27.2 Å². The van der Waals surface area contributed by atoms with E-state index < -0.39 is 18.1 Å². The first-order valence-corrected chi connectivity index (χ1v) is 8.42. The van der Waals surface area contributed by atoms with Crippen LogP contribution in [0.25, 0.3) is 0 Å². The number of aliphatic carboxylic acids is 1. The summed E-state index contributed by atoms with van der Waals surface area (Å²) in [5, 5.41) is 21.6. The molecule has 0 aliphatic rings. The molecular formula is C18H27NO5. The van der Waals surface area contributed by atoms with E-state index in [9.17, 15) is 19.8 Å². The number of aryl methyl sites for hydroxylation is 2. The lowest BCUT2D eigenvalue weighted by molar-refractivity contribution is -0.139. The van der Waals surface area contributed by atoms with Gasteiger partial charge in [0.05, 0.1) is 6.61 Å². The van der Waals surface area contributed by atoms with Crippen LogP contribution in [0.1, 0.15) is 50.3 Å². The van der Waals surface area contributed by atoms with Crippen molar-refractivity contribution in [2.24, 2.45) is 0 Å². The quantitative estimate of drug-likeness (QED) is 0.602. The van der Waals surface area contributed by atoms with E-state index in [1.54, 1.807) is 12.1 Å². The summed E-state index contributed by atoms with van der Waals surface area (Å²) in [6.45, 7) is 6.14. The molecule has 1 aromatic rings. The van der Waals surface area contributed by atoms with E-state index >= 15 is 0 Å². The van der Waals surface area contributed by atoms with E-state index in [0.29, 0.717) is 12.8 Å². The van der Waals surface area contributed by atoms with E-state index in [0.717, 1.165) is 29.5 Å². The van der Waals surface area contributed by atoms with Crippen molar-refractivity contribution in [2.75, 3.05) is 6.61 Å². The van der Waals surface area contributed by atoms with Crippen LogP contribution in [-0.4, -0.2) is 34.9 Å². The molecule has 0 spiro atoms. The Bertz CT molecular complexity index is 546. The number of alkyl carbamates (subject to hydrolysis) is 1. The van der Waals surface area contributed by atoms with Crippen molar-refractivity contribution in [1.29, 1.82) is 0 Å². The highest BCUT2D eigenvalue weighted by atomic mass is 16.5. The Morgan fingerprint density at radius 2 is 1.75 bits per heavy atom. The number of rotatable bonds is 9. The zero-order valence-corrected chi connectivity index (χ0v) is 14.6. The summed E-state index contributed by atoms with van der Waals surface area (Å²) in [6, 6.07) is 2.22. The lowest BCUT2D eigenvalue weighted by atomic mass is 9.92.